The second-order valence-corrected chi connectivity index (χ2v) is 4.76. The van der Waals surface area contributed by atoms with E-state index in [-0.39, 0.29) is 33.5 Å². The molecular formula is C14H9Cl2FO3. The molecule has 0 unspecified atom stereocenters. The maximum atomic E-state index is 13.6. The van der Waals surface area contributed by atoms with Crippen LogP contribution < -0.4 is 4.74 Å². The van der Waals surface area contributed by atoms with Crippen molar-refractivity contribution in [1.82, 2.24) is 0 Å². The molecule has 0 bridgehead atoms. The molecule has 6 heteroatoms. The van der Waals surface area contributed by atoms with Gasteiger partial charge in [0.15, 0.2) is 0 Å². The minimum atomic E-state index is -1.16. The highest BCUT2D eigenvalue weighted by molar-refractivity contribution is 6.33. The average Bonchev–Trinajstić information content (AvgIpc) is 2.41. The van der Waals surface area contributed by atoms with Crippen LogP contribution in [0, 0.1) is 5.82 Å². The molecule has 0 amide bonds. The first-order valence-corrected chi connectivity index (χ1v) is 6.33. The van der Waals surface area contributed by atoms with Gasteiger partial charge in [0, 0.05) is 5.56 Å². The lowest BCUT2D eigenvalue weighted by molar-refractivity contribution is 0.0696. The number of ether oxygens (including phenoxy) is 1. The van der Waals surface area contributed by atoms with E-state index in [1.54, 1.807) is 6.07 Å². The second kappa shape index (κ2) is 6.11. The van der Waals surface area contributed by atoms with Gasteiger partial charge in [0.2, 0.25) is 0 Å². The van der Waals surface area contributed by atoms with Crippen molar-refractivity contribution in [2.45, 2.75) is 6.61 Å². The van der Waals surface area contributed by atoms with Crippen LogP contribution in [-0.4, -0.2) is 11.1 Å². The lowest BCUT2D eigenvalue weighted by Gasteiger charge is -2.09. The van der Waals surface area contributed by atoms with Crippen LogP contribution in [0.3, 0.4) is 0 Å². The van der Waals surface area contributed by atoms with Crippen LogP contribution in [0.5, 0.6) is 5.75 Å². The molecule has 2 rings (SSSR count). The Bertz CT molecular complexity index is 659. The number of hydrogen-bond donors (Lipinski definition) is 1. The number of carboxylic acids is 1. The summed E-state index contributed by atoms with van der Waals surface area (Å²) in [5.41, 5.74) is 0.208. The summed E-state index contributed by atoms with van der Waals surface area (Å²) in [5.74, 6) is -1.43. The molecule has 0 aliphatic rings. The Hall–Kier alpha value is -1.78. The summed E-state index contributed by atoms with van der Waals surface area (Å²) in [5, 5.41) is 9.06. The van der Waals surface area contributed by atoms with Crippen molar-refractivity contribution >= 4 is 29.2 Å². The molecule has 2 aromatic rings. The quantitative estimate of drug-likeness (QED) is 0.909. The van der Waals surface area contributed by atoms with Crippen molar-refractivity contribution in [3.05, 3.63) is 63.4 Å². The summed E-state index contributed by atoms with van der Waals surface area (Å²) < 4.78 is 19.0. The molecule has 0 fully saturated rings. The van der Waals surface area contributed by atoms with Crippen LogP contribution >= 0.6 is 23.2 Å². The fraction of sp³-hybridized carbons (Fsp3) is 0.0714. The van der Waals surface area contributed by atoms with Crippen molar-refractivity contribution in [3.8, 4) is 5.75 Å². The number of rotatable bonds is 4. The number of carboxylic acid groups (broad SMARTS) is 1. The molecular weight excluding hydrogens is 306 g/mol. The first-order valence-electron chi connectivity index (χ1n) is 5.57. The third-order valence-electron chi connectivity index (χ3n) is 2.59. The Morgan fingerprint density at radius 3 is 2.65 bits per heavy atom. The molecule has 104 valence electrons. The third kappa shape index (κ3) is 3.21. The molecule has 0 saturated heterocycles. The fourth-order valence-electron chi connectivity index (χ4n) is 1.58. The van der Waals surface area contributed by atoms with Gasteiger partial charge >= 0.3 is 5.97 Å². The normalized spacial score (nSPS) is 10.3. The molecule has 0 aliphatic heterocycles. The summed E-state index contributed by atoms with van der Waals surface area (Å²) in [6.45, 7) is -0.0624. The van der Waals surface area contributed by atoms with E-state index in [1.807, 2.05) is 0 Å². The minimum Gasteiger partial charge on any atom is -0.489 e. The van der Waals surface area contributed by atoms with E-state index in [0.29, 0.717) is 0 Å². The lowest BCUT2D eigenvalue weighted by atomic mass is 10.2. The highest BCUT2D eigenvalue weighted by Crippen LogP contribution is 2.24. The Kier molecular flexibility index (Phi) is 4.47. The van der Waals surface area contributed by atoms with Crippen molar-refractivity contribution < 1.29 is 19.0 Å². The van der Waals surface area contributed by atoms with Gasteiger partial charge in [0.05, 0.1) is 15.6 Å². The summed E-state index contributed by atoms with van der Waals surface area (Å²) >= 11 is 11.4. The summed E-state index contributed by atoms with van der Waals surface area (Å²) in [6, 6.07) is 8.79. The Balaban J connectivity index is 2.17. The fourth-order valence-corrected chi connectivity index (χ4v) is 1.97. The molecule has 0 aromatic heterocycles. The van der Waals surface area contributed by atoms with Crippen LogP contribution in [0.4, 0.5) is 4.39 Å². The van der Waals surface area contributed by atoms with Gasteiger partial charge in [-0.15, -0.1) is 0 Å². The molecule has 0 aliphatic carbocycles. The maximum absolute atomic E-state index is 13.6. The van der Waals surface area contributed by atoms with Gasteiger partial charge in [-0.25, -0.2) is 9.18 Å². The van der Waals surface area contributed by atoms with Gasteiger partial charge in [-0.1, -0.05) is 35.3 Å². The molecule has 0 radical (unpaired) electrons. The standard InChI is InChI=1S/C14H9Cl2FO3/c15-11-5-4-9(6-10(11)14(18)19)20-7-8-2-1-3-12(16)13(8)17/h1-6H,7H2,(H,18,19). The molecule has 0 atom stereocenters. The molecule has 3 nitrogen and oxygen atoms in total. The summed E-state index contributed by atoms with van der Waals surface area (Å²) in [6.07, 6.45) is 0. The largest absolute Gasteiger partial charge is 0.489 e. The van der Waals surface area contributed by atoms with Gasteiger partial charge in [0.25, 0.3) is 0 Å². The SMILES string of the molecule is O=C(O)c1cc(OCc2cccc(Cl)c2F)ccc1Cl. The molecule has 0 saturated carbocycles. The molecule has 20 heavy (non-hydrogen) atoms. The van der Waals surface area contributed by atoms with Crippen LogP contribution in [0.25, 0.3) is 0 Å². The number of hydrogen-bond acceptors (Lipinski definition) is 2. The van der Waals surface area contributed by atoms with Crippen molar-refractivity contribution in [3.63, 3.8) is 0 Å². The van der Waals surface area contributed by atoms with E-state index < -0.39 is 11.8 Å². The van der Waals surface area contributed by atoms with Gasteiger partial charge < -0.3 is 9.84 Å². The first-order chi connectivity index (χ1) is 9.49. The lowest BCUT2D eigenvalue weighted by Crippen LogP contribution is -2.01. The predicted molar refractivity (Wildman–Crippen MR) is 74.2 cm³/mol. The van der Waals surface area contributed by atoms with Gasteiger partial charge in [-0.05, 0) is 24.3 Å². The highest BCUT2D eigenvalue weighted by Gasteiger charge is 2.11. The van der Waals surface area contributed by atoms with E-state index >= 15 is 0 Å². The van der Waals surface area contributed by atoms with Crippen LogP contribution in [0.15, 0.2) is 36.4 Å². The van der Waals surface area contributed by atoms with Crippen LogP contribution in [0.1, 0.15) is 15.9 Å². The number of carbonyl (C=O) groups is 1. The molecule has 0 heterocycles. The van der Waals surface area contributed by atoms with E-state index in [9.17, 15) is 9.18 Å². The third-order valence-corrected chi connectivity index (χ3v) is 3.22. The van der Waals surface area contributed by atoms with Gasteiger partial charge in [-0.2, -0.15) is 0 Å². The Labute approximate surface area is 124 Å². The molecule has 2 aromatic carbocycles. The topological polar surface area (TPSA) is 46.5 Å². The number of halogens is 3. The van der Waals surface area contributed by atoms with Gasteiger partial charge in [0.1, 0.15) is 18.2 Å². The number of aromatic carboxylic acids is 1. The number of benzene rings is 2. The zero-order valence-electron chi connectivity index (χ0n) is 10.1. The van der Waals surface area contributed by atoms with E-state index in [4.69, 9.17) is 33.0 Å². The van der Waals surface area contributed by atoms with Crippen molar-refractivity contribution in [2.75, 3.05) is 0 Å². The highest BCUT2D eigenvalue weighted by atomic mass is 35.5. The van der Waals surface area contributed by atoms with Crippen molar-refractivity contribution in [2.24, 2.45) is 0 Å². The Morgan fingerprint density at radius 2 is 1.95 bits per heavy atom. The summed E-state index contributed by atoms with van der Waals surface area (Å²) in [4.78, 5) is 10.9. The van der Waals surface area contributed by atoms with Crippen LogP contribution in [0.2, 0.25) is 10.0 Å². The zero-order valence-corrected chi connectivity index (χ0v) is 11.6. The van der Waals surface area contributed by atoms with Crippen LogP contribution in [-0.2, 0) is 6.61 Å². The van der Waals surface area contributed by atoms with E-state index in [1.165, 1.54) is 30.3 Å². The molecule has 0 spiro atoms. The predicted octanol–water partition coefficient (Wildman–Crippen LogP) is 4.41. The molecule has 1 N–H and O–H groups in total. The summed E-state index contributed by atoms with van der Waals surface area (Å²) in [7, 11) is 0. The first kappa shape index (κ1) is 14.6. The van der Waals surface area contributed by atoms with E-state index in [0.717, 1.165) is 0 Å². The minimum absolute atomic E-state index is 0.00781. The smallest absolute Gasteiger partial charge is 0.337 e. The van der Waals surface area contributed by atoms with Gasteiger partial charge in [-0.3, -0.25) is 0 Å². The maximum Gasteiger partial charge on any atom is 0.337 e. The zero-order chi connectivity index (χ0) is 14.7. The van der Waals surface area contributed by atoms with E-state index in [2.05, 4.69) is 0 Å². The second-order valence-electron chi connectivity index (χ2n) is 3.95. The Morgan fingerprint density at radius 1 is 1.20 bits per heavy atom. The van der Waals surface area contributed by atoms with Crippen molar-refractivity contribution in [1.29, 1.82) is 0 Å². The average molecular weight is 315 g/mol. The monoisotopic (exact) mass is 314 g/mol.